The first-order chi connectivity index (χ1) is 12.4. The van der Waals surface area contributed by atoms with Gasteiger partial charge in [-0.3, -0.25) is 4.79 Å². The highest BCUT2D eigenvalue weighted by Gasteiger charge is 2.30. The standard InChI is InChI=1S/C17H25N3O5S/c1-3-8-18-16(21)14-6-5-7-15(13-14)26(23,24)20-11-9-19(10-12-20)17(22)25-4-2/h5-7,13H,3-4,8-12H2,1-2H3,(H,18,21). The minimum atomic E-state index is -3.73. The number of nitrogens with zero attached hydrogens (tertiary/aromatic N) is 2. The Labute approximate surface area is 154 Å². The average Bonchev–Trinajstić information content (AvgIpc) is 2.66. The van der Waals surface area contributed by atoms with E-state index in [1.54, 1.807) is 19.1 Å². The lowest BCUT2D eigenvalue weighted by Crippen LogP contribution is -2.50. The predicted octanol–water partition coefficient (Wildman–Crippen LogP) is 1.29. The SMILES string of the molecule is CCCNC(=O)c1cccc(S(=O)(=O)N2CCN(C(=O)OCC)CC2)c1. The number of piperazine rings is 1. The number of ether oxygens (including phenoxy) is 1. The zero-order chi connectivity index (χ0) is 19.2. The van der Waals surface area contributed by atoms with Crippen LogP contribution in [-0.2, 0) is 14.8 Å². The van der Waals surface area contributed by atoms with Crippen molar-refractivity contribution in [3.63, 3.8) is 0 Å². The Kier molecular flexibility index (Phi) is 6.98. The van der Waals surface area contributed by atoms with Gasteiger partial charge in [0.2, 0.25) is 10.0 Å². The van der Waals surface area contributed by atoms with E-state index in [1.807, 2.05) is 6.92 Å². The molecule has 1 heterocycles. The fourth-order valence-electron chi connectivity index (χ4n) is 2.61. The maximum absolute atomic E-state index is 12.8. The van der Waals surface area contributed by atoms with Crippen molar-refractivity contribution in [2.45, 2.75) is 25.2 Å². The van der Waals surface area contributed by atoms with Crippen molar-refractivity contribution in [2.24, 2.45) is 0 Å². The molecule has 1 aliphatic heterocycles. The van der Waals surface area contributed by atoms with Crippen LogP contribution in [0, 0.1) is 0 Å². The molecule has 0 unspecified atom stereocenters. The van der Waals surface area contributed by atoms with Crippen LogP contribution in [0.4, 0.5) is 4.79 Å². The number of hydrogen-bond acceptors (Lipinski definition) is 5. The maximum Gasteiger partial charge on any atom is 0.409 e. The van der Waals surface area contributed by atoms with Gasteiger partial charge in [0.05, 0.1) is 11.5 Å². The smallest absolute Gasteiger partial charge is 0.409 e. The van der Waals surface area contributed by atoms with Crippen LogP contribution in [0.3, 0.4) is 0 Å². The molecule has 2 rings (SSSR count). The molecular weight excluding hydrogens is 358 g/mol. The van der Waals surface area contributed by atoms with Crippen molar-refractivity contribution in [1.29, 1.82) is 0 Å². The quantitative estimate of drug-likeness (QED) is 0.799. The Balaban J connectivity index is 2.09. The number of nitrogens with one attached hydrogen (secondary N) is 1. The molecule has 0 aliphatic carbocycles. The van der Waals surface area contributed by atoms with Crippen LogP contribution in [0.5, 0.6) is 0 Å². The third-order valence-corrected chi connectivity index (χ3v) is 5.93. The average molecular weight is 383 g/mol. The van der Waals surface area contributed by atoms with E-state index in [0.717, 1.165) is 6.42 Å². The van der Waals surface area contributed by atoms with Crippen LogP contribution in [-0.4, -0.2) is 69.0 Å². The summed E-state index contributed by atoms with van der Waals surface area (Å²) in [5, 5.41) is 2.73. The van der Waals surface area contributed by atoms with Gasteiger partial charge in [0.1, 0.15) is 0 Å². The molecule has 0 radical (unpaired) electrons. The largest absolute Gasteiger partial charge is 0.450 e. The first kappa shape index (κ1) is 20.2. The van der Waals surface area contributed by atoms with Gasteiger partial charge in [-0.15, -0.1) is 0 Å². The van der Waals surface area contributed by atoms with Gasteiger partial charge in [-0.2, -0.15) is 4.31 Å². The molecule has 1 aliphatic rings. The molecular formula is C17H25N3O5S. The summed E-state index contributed by atoms with van der Waals surface area (Å²) in [5.74, 6) is -0.295. The van der Waals surface area contributed by atoms with Gasteiger partial charge in [-0.1, -0.05) is 13.0 Å². The Morgan fingerprint density at radius 2 is 1.85 bits per heavy atom. The minimum absolute atomic E-state index is 0.0752. The van der Waals surface area contributed by atoms with Gasteiger partial charge >= 0.3 is 6.09 Å². The Morgan fingerprint density at radius 1 is 1.15 bits per heavy atom. The molecule has 0 saturated carbocycles. The van der Waals surface area contributed by atoms with Gasteiger partial charge in [0.25, 0.3) is 5.91 Å². The van der Waals surface area contributed by atoms with Crippen molar-refractivity contribution in [2.75, 3.05) is 39.3 Å². The zero-order valence-electron chi connectivity index (χ0n) is 15.1. The van der Waals surface area contributed by atoms with Crippen LogP contribution >= 0.6 is 0 Å². The summed E-state index contributed by atoms with van der Waals surface area (Å²) in [6.45, 7) is 5.40. The number of amides is 2. The van der Waals surface area contributed by atoms with E-state index in [4.69, 9.17) is 4.74 Å². The molecule has 0 spiro atoms. The summed E-state index contributed by atoms with van der Waals surface area (Å²) in [4.78, 5) is 25.3. The molecule has 1 saturated heterocycles. The third kappa shape index (κ3) is 4.73. The highest BCUT2D eigenvalue weighted by atomic mass is 32.2. The Hall–Kier alpha value is -2.13. The van der Waals surface area contributed by atoms with Crippen molar-refractivity contribution >= 4 is 22.0 Å². The fourth-order valence-corrected chi connectivity index (χ4v) is 4.08. The number of benzene rings is 1. The molecule has 9 heteroatoms. The van der Waals surface area contributed by atoms with Crippen LogP contribution in [0.15, 0.2) is 29.2 Å². The third-order valence-electron chi connectivity index (χ3n) is 4.03. The molecule has 1 aromatic rings. The summed E-state index contributed by atoms with van der Waals surface area (Å²) in [5.41, 5.74) is 0.310. The van der Waals surface area contributed by atoms with Crippen molar-refractivity contribution in [3.05, 3.63) is 29.8 Å². The number of sulfonamides is 1. The van der Waals surface area contributed by atoms with Gasteiger partial charge in [-0.05, 0) is 31.5 Å². The van der Waals surface area contributed by atoms with Gasteiger partial charge < -0.3 is 15.0 Å². The minimum Gasteiger partial charge on any atom is -0.450 e. The molecule has 8 nitrogen and oxygen atoms in total. The van der Waals surface area contributed by atoms with E-state index < -0.39 is 16.1 Å². The Bertz CT molecular complexity index is 743. The zero-order valence-corrected chi connectivity index (χ0v) is 15.9. The van der Waals surface area contributed by atoms with Gasteiger partial charge in [0, 0.05) is 38.3 Å². The van der Waals surface area contributed by atoms with E-state index >= 15 is 0 Å². The van der Waals surface area contributed by atoms with Crippen LogP contribution < -0.4 is 5.32 Å². The summed E-state index contributed by atoms with van der Waals surface area (Å²) >= 11 is 0. The summed E-state index contributed by atoms with van der Waals surface area (Å²) in [7, 11) is -3.73. The van der Waals surface area contributed by atoms with Crippen LogP contribution in [0.2, 0.25) is 0 Å². The molecule has 2 amide bonds. The number of carbonyl (C=O) groups is 2. The summed E-state index contributed by atoms with van der Waals surface area (Å²) in [6.07, 6.45) is 0.369. The number of hydrogen-bond donors (Lipinski definition) is 1. The monoisotopic (exact) mass is 383 g/mol. The van der Waals surface area contributed by atoms with E-state index in [-0.39, 0.29) is 43.6 Å². The first-order valence-electron chi connectivity index (χ1n) is 8.70. The topological polar surface area (TPSA) is 96.0 Å². The molecule has 144 valence electrons. The molecule has 0 aromatic heterocycles. The molecule has 1 fully saturated rings. The second-order valence-corrected chi connectivity index (χ2v) is 7.81. The molecule has 1 aromatic carbocycles. The van der Waals surface area contributed by atoms with Gasteiger partial charge in [0.15, 0.2) is 0 Å². The molecule has 0 bridgehead atoms. The van der Waals surface area contributed by atoms with E-state index in [9.17, 15) is 18.0 Å². The van der Waals surface area contributed by atoms with Crippen molar-refractivity contribution < 1.29 is 22.7 Å². The number of carbonyl (C=O) groups excluding carboxylic acids is 2. The summed E-state index contributed by atoms with van der Waals surface area (Å²) in [6, 6.07) is 6.01. The first-order valence-corrected chi connectivity index (χ1v) is 10.1. The highest BCUT2D eigenvalue weighted by molar-refractivity contribution is 7.89. The maximum atomic E-state index is 12.8. The molecule has 1 N–H and O–H groups in total. The molecule has 0 atom stereocenters. The van der Waals surface area contributed by atoms with Gasteiger partial charge in [-0.25, -0.2) is 13.2 Å². The second kappa shape index (κ2) is 9.00. The summed E-state index contributed by atoms with van der Waals surface area (Å²) < 4.78 is 31.9. The van der Waals surface area contributed by atoms with Crippen LogP contribution in [0.25, 0.3) is 0 Å². The van der Waals surface area contributed by atoms with Crippen molar-refractivity contribution in [1.82, 2.24) is 14.5 Å². The van der Waals surface area contributed by atoms with E-state index in [0.29, 0.717) is 12.1 Å². The lowest BCUT2D eigenvalue weighted by molar-refractivity contribution is 0.0931. The molecule has 26 heavy (non-hydrogen) atoms. The lowest BCUT2D eigenvalue weighted by atomic mass is 10.2. The van der Waals surface area contributed by atoms with Crippen molar-refractivity contribution in [3.8, 4) is 0 Å². The normalized spacial score (nSPS) is 15.5. The fraction of sp³-hybridized carbons (Fsp3) is 0.529. The highest BCUT2D eigenvalue weighted by Crippen LogP contribution is 2.19. The lowest BCUT2D eigenvalue weighted by Gasteiger charge is -2.33. The van der Waals surface area contributed by atoms with E-state index in [1.165, 1.54) is 21.3 Å². The predicted molar refractivity (Wildman–Crippen MR) is 96.4 cm³/mol. The van der Waals surface area contributed by atoms with E-state index in [2.05, 4.69) is 5.32 Å². The second-order valence-electron chi connectivity index (χ2n) is 5.87. The van der Waals surface area contributed by atoms with Crippen LogP contribution in [0.1, 0.15) is 30.6 Å². The number of rotatable bonds is 6. The Morgan fingerprint density at radius 3 is 2.46 bits per heavy atom.